The van der Waals surface area contributed by atoms with E-state index in [1.165, 1.54) is 44.8 Å². The van der Waals surface area contributed by atoms with E-state index in [9.17, 15) is 0 Å². The minimum absolute atomic E-state index is 1.06. The van der Waals surface area contributed by atoms with E-state index in [0.717, 1.165) is 12.8 Å². The lowest BCUT2D eigenvalue weighted by molar-refractivity contribution is -0.544. The SMILES string of the molecule is CC=C[n+]1c(-c2ccccc2)cc(-c2ccccc2)c2c1-c1ccccc1CC2. The first-order valence-corrected chi connectivity index (χ1v) is 10.3. The zero-order chi connectivity index (χ0) is 19.6. The van der Waals surface area contributed by atoms with E-state index < -0.39 is 0 Å². The standard InChI is InChI=1S/C28H24N/c1-2-19-29-27(23-14-7-4-8-15-23)20-26(21-11-5-3-6-12-21)25-18-17-22-13-9-10-16-24(22)28(25)29/h2-16,19-20H,17-18H2,1H3/q+1. The number of rotatable bonds is 3. The average Bonchev–Trinajstić information content (AvgIpc) is 2.80. The number of aryl methyl sites for hydroxylation is 1. The van der Waals surface area contributed by atoms with Crippen LogP contribution >= 0.6 is 0 Å². The summed E-state index contributed by atoms with van der Waals surface area (Å²) in [4.78, 5) is 0. The van der Waals surface area contributed by atoms with Crippen LogP contribution in [0.2, 0.25) is 0 Å². The highest BCUT2D eigenvalue weighted by Gasteiger charge is 2.31. The summed E-state index contributed by atoms with van der Waals surface area (Å²) < 4.78 is 2.38. The van der Waals surface area contributed by atoms with Crippen molar-refractivity contribution >= 4 is 6.20 Å². The highest BCUT2D eigenvalue weighted by molar-refractivity contribution is 5.81. The van der Waals surface area contributed by atoms with Crippen LogP contribution in [0.4, 0.5) is 0 Å². The van der Waals surface area contributed by atoms with Gasteiger partial charge in [0.15, 0.2) is 6.20 Å². The summed E-state index contributed by atoms with van der Waals surface area (Å²) in [6, 6.07) is 32.8. The molecule has 0 radical (unpaired) electrons. The molecule has 0 aliphatic heterocycles. The summed E-state index contributed by atoms with van der Waals surface area (Å²) >= 11 is 0. The predicted octanol–water partition coefficient (Wildman–Crippen LogP) is 6.56. The summed E-state index contributed by atoms with van der Waals surface area (Å²) in [7, 11) is 0. The molecule has 0 N–H and O–H groups in total. The zero-order valence-electron chi connectivity index (χ0n) is 16.7. The molecule has 140 valence electrons. The van der Waals surface area contributed by atoms with Crippen molar-refractivity contribution in [2.75, 3.05) is 0 Å². The first kappa shape index (κ1) is 17.6. The van der Waals surface area contributed by atoms with Crippen LogP contribution < -0.4 is 4.57 Å². The number of benzene rings is 3. The Kier molecular flexibility index (Phi) is 4.57. The summed E-state index contributed by atoms with van der Waals surface area (Å²) in [5.74, 6) is 0. The molecule has 0 spiro atoms. The molecule has 0 atom stereocenters. The van der Waals surface area contributed by atoms with Crippen molar-refractivity contribution in [1.29, 1.82) is 0 Å². The summed E-state index contributed by atoms with van der Waals surface area (Å²) in [5, 5.41) is 0. The minimum atomic E-state index is 1.06. The zero-order valence-corrected chi connectivity index (χ0v) is 16.7. The Bertz CT molecular complexity index is 1190. The molecule has 1 heterocycles. The van der Waals surface area contributed by atoms with Gasteiger partial charge < -0.3 is 0 Å². The van der Waals surface area contributed by atoms with Crippen LogP contribution in [0.5, 0.6) is 0 Å². The average molecular weight is 375 g/mol. The van der Waals surface area contributed by atoms with Crippen molar-refractivity contribution in [3.8, 4) is 33.6 Å². The van der Waals surface area contributed by atoms with Gasteiger partial charge in [-0.05, 0) is 60.7 Å². The van der Waals surface area contributed by atoms with Crippen molar-refractivity contribution in [1.82, 2.24) is 0 Å². The molecule has 1 aromatic heterocycles. The lowest BCUT2D eigenvalue weighted by atomic mass is 9.83. The molecular weight excluding hydrogens is 350 g/mol. The van der Waals surface area contributed by atoms with E-state index in [2.05, 4.69) is 115 Å². The van der Waals surface area contributed by atoms with Gasteiger partial charge in [-0.15, -0.1) is 0 Å². The van der Waals surface area contributed by atoms with Crippen molar-refractivity contribution < 1.29 is 4.57 Å². The molecule has 0 saturated heterocycles. The Balaban J connectivity index is 1.91. The first-order valence-electron chi connectivity index (χ1n) is 10.3. The number of hydrogen-bond donors (Lipinski definition) is 0. The molecule has 0 fully saturated rings. The van der Waals surface area contributed by atoms with E-state index in [1.54, 1.807) is 0 Å². The van der Waals surface area contributed by atoms with Crippen LogP contribution in [0.1, 0.15) is 18.1 Å². The van der Waals surface area contributed by atoms with Gasteiger partial charge in [0, 0.05) is 17.2 Å². The second-order valence-electron chi connectivity index (χ2n) is 7.51. The fraction of sp³-hybridized carbons (Fsp3) is 0.107. The summed E-state index contributed by atoms with van der Waals surface area (Å²) in [5.41, 5.74) is 10.6. The number of allylic oxidation sites excluding steroid dienone is 1. The molecular formula is C28H24N+. The highest BCUT2D eigenvalue weighted by Crippen LogP contribution is 2.39. The third-order valence-corrected chi connectivity index (χ3v) is 5.76. The second-order valence-corrected chi connectivity index (χ2v) is 7.51. The quantitative estimate of drug-likeness (QED) is 0.357. The van der Waals surface area contributed by atoms with Gasteiger partial charge in [-0.3, -0.25) is 0 Å². The molecule has 29 heavy (non-hydrogen) atoms. The lowest BCUT2D eigenvalue weighted by Crippen LogP contribution is -2.35. The molecule has 0 saturated carbocycles. The summed E-state index contributed by atoms with van der Waals surface area (Å²) in [6.07, 6.45) is 6.48. The number of hydrogen-bond acceptors (Lipinski definition) is 0. The van der Waals surface area contributed by atoms with Gasteiger partial charge in [0.25, 0.3) is 0 Å². The van der Waals surface area contributed by atoms with E-state index in [-0.39, 0.29) is 0 Å². The normalized spacial score (nSPS) is 12.6. The Labute approximate surface area is 172 Å². The molecule has 5 rings (SSSR count). The van der Waals surface area contributed by atoms with Crippen molar-refractivity contribution in [3.63, 3.8) is 0 Å². The monoisotopic (exact) mass is 374 g/mol. The third kappa shape index (κ3) is 3.09. The predicted molar refractivity (Wildman–Crippen MR) is 121 cm³/mol. The van der Waals surface area contributed by atoms with Gasteiger partial charge in [-0.1, -0.05) is 66.7 Å². The van der Waals surface area contributed by atoms with Crippen LogP contribution in [0.3, 0.4) is 0 Å². The maximum Gasteiger partial charge on any atom is 0.222 e. The smallest absolute Gasteiger partial charge is 0.160 e. The largest absolute Gasteiger partial charge is 0.222 e. The Hall–Kier alpha value is -3.45. The minimum Gasteiger partial charge on any atom is -0.160 e. The van der Waals surface area contributed by atoms with Gasteiger partial charge in [-0.25, -0.2) is 0 Å². The molecule has 3 aromatic carbocycles. The highest BCUT2D eigenvalue weighted by atomic mass is 15.0. The maximum atomic E-state index is 2.38. The van der Waals surface area contributed by atoms with E-state index in [1.807, 2.05) is 0 Å². The topological polar surface area (TPSA) is 3.88 Å². The van der Waals surface area contributed by atoms with Gasteiger partial charge in [-0.2, -0.15) is 4.57 Å². The Morgan fingerprint density at radius 3 is 2.07 bits per heavy atom. The molecule has 1 nitrogen and oxygen atoms in total. The van der Waals surface area contributed by atoms with Gasteiger partial charge in [0.2, 0.25) is 11.4 Å². The fourth-order valence-corrected chi connectivity index (χ4v) is 4.47. The second kappa shape index (κ2) is 7.52. The van der Waals surface area contributed by atoms with E-state index in [0.29, 0.717) is 0 Å². The van der Waals surface area contributed by atoms with Gasteiger partial charge in [0.1, 0.15) is 0 Å². The molecule has 4 aromatic rings. The molecule has 1 aliphatic carbocycles. The number of pyridine rings is 1. The molecule has 0 amide bonds. The van der Waals surface area contributed by atoms with Crippen molar-refractivity contribution in [2.24, 2.45) is 0 Å². The number of aromatic nitrogens is 1. The van der Waals surface area contributed by atoms with Crippen LogP contribution in [-0.2, 0) is 12.8 Å². The maximum absolute atomic E-state index is 2.38. The van der Waals surface area contributed by atoms with Crippen LogP contribution in [0.15, 0.2) is 97.1 Å². The Morgan fingerprint density at radius 1 is 0.690 bits per heavy atom. The molecule has 0 bridgehead atoms. The van der Waals surface area contributed by atoms with Crippen LogP contribution in [-0.4, -0.2) is 0 Å². The van der Waals surface area contributed by atoms with E-state index >= 15 is 0 Å². The number of nitrogens with zero attached hydrogens (tertiary/aromatic N) is 1. The number of fused-ring (bicyclic) bond motifs is 3. The summed E-state index contributed by atoms with van der Waals surface area (Å²) in [6.45, 7) is 2.09. The lowest BCUT2D eigenvalue weighted by Gasteiger charge is -2.21. The van der Waals surface area contributed by atoms with E-state index in [4.69, 9.17) is 0 Å². The molecule has 0 unspecified atom stereocenters. The van der Waals surface area contributed by atoms with Gasteiger partial charge >= 0.3 is 0 Å². The van der Waals surface area contributed by atoms with Crippen molar-refractivity contribution in [2.45, 2.75) is 19.8 Å². The Morgan fingerprint density at radius 2 is 1.34 bits per heavy atom. The van der Waals surface area contributed by atoms with Crippen LogP contribution in [0.25, 0.3) is 39.8 Å². The van der Waals surface area contributed by atoms with Crippen molar-refractivity contribution in [3.05, 3.63) is 108 Å². The third-order valence-electron chi connectivity index (χ3n) is 5.76. The van der Waals surface area contributed by atoms with Gasteiger partial charge in [0.05, 0.1) is 5.56 Å². The molecule has 1 heteroatoms. The molecule has 1 aliphatic rings. The fourth-order valence-electron chi connectivity index (χ4n) is 4.47. The van der Waals surface area contributed by atoms with Crippen LogP contribution in [0, 0.1) is 0 Å². The first-order chi connectivity index (χ1) is 14.4.